The van der Waals surface area contributed by atoms with E-state index in [2.05, 4.69) is 13.8 Å². The van der Waals surface area contributed by atoms with Gasteiger partial charge in [0, 0.05) is 45.1 Å². The molecule has 2 amide bonds. The maximum Gasteiger partial charge on any atom is 0.225 e. The monoisotopic (exact) mass is 312 g/mol. The highest BCUT2D eigenvalue weighted by Crippen LogP contribution is 2.21. The molecule has 0 bridgehead atoms. The minimum atomic E-state index is 0.0337. The Morgan fingerprint density at radius 2 is 1.77 bits per heavy atom. The Labute approximate surface area is 135 Å². The fraction of sp³-hybridized carbons (Fsp3) is 0.882. The Morgan fingerprint density at radius 1 is 1.18 bits per heavy atom. The van der Waals surface area contributed by atoms with Gasteiger partial charge in [0.05, 0.1) is 6.61 Å². The summed E-state index contributed by atoms with van der Waals surface area (Å²) in [6, 6.07) is 0. The molecule has 1 aliphatic heterocycles. The summed E-state index contributed by atoms with van der Waals surface area (Å²) in [5.74, 6) is 0.952. The summed E-state index contributed by atoms with van der Waals surface area (Å²) >= 11 is 0. The lowest BCUT2D eigenvalue weighted by molar-refractivity contribution is -0.142. The van der Waals surface area contributed by atoms with Crippen LogP contribution >= 0.6 is 0 Å². The van der Waals surface area contributed by atoms with E-state index in [1.54, 1.807) is 7.11 Å². The second-order valence-corrected chi connectivity index (χ2v) is 6.93. The first-order valence-electron chi connectivity index (χ1n) is 8.43. The SMILES string of the molecule is COCCN(CC(C)C)C(=O)C1CCN(C(=O)C(C)C)CC1. The van der Waals surface area contributed by atoms with Crippen LogP contribution in [0.1, 0.15) is 40.5 Å². The van der Waals surface area contributed by atoms with Gasteiger partial charge in [-0.2, -0.15) is 0 Å². The van der Waals surface area contributed by atoms with E-state index >= 15 is 0 Å². The van der Waals surface area contributed by atoms with Gasteiger partial charge in [-0.05, 0) is 18.8 Å². The zero-order chi connectivity index (χ0) is 16.7. The molecule has 0 atom stereocenters. The predicted molar refractivity (Wildman–Crippen MR) is 87.4 cm³/mol. The van der Waals surface area contributed by atoms with Gasteiger partial charge in [0.1, 0.15) is 0 Å². The molecule has 0 aromatic heterocycles. The quantitative estimate of drug-likeness (QED) is 0.722. The van der Waals surface area contributed by atoms with Crippen LogP contribution < -0.4 is 0 Å². The Morgan fingerprint density at radius 3 is 2.23 bits per heavy atom. The Balaban J connectivity index is 2.56. The van der Waals surface area contributed by atoms with Gasteiger partial charge in [0.2, 0.25) is 11.8 Å². The minimum absolute atomic E-state index is 0.0337. The third-order valence-corrected chi connectivity index (χ3v) is 4.11. The molecule has 0 saturated carbocycles. The van der Waals surface area contributed by atoms with Crippen molar-refractivity contribution in [3.05, 3.63) is 0 Å². The Bertz CT molecular complexity index is 361. The molecule has 0 aromatic rings. The fourth-order valence-electron chi connectivity index (χ4n) is 2.90. The first kappa shape index (κ1) is 18.9. The zero-order valence-corrected chi connectivity index (χ0v) is 14.8. The lowest BCUT2D eigenvalue weighted by atomic mass is 9.94. The Kier molecular flexibility index (Phi) is 7.87. The fourth-order valence-corrected chi connectivity index (χ4v) is 2.90. The largest absolute Gasteiger partial charge is 0.383 e. The number of carbonyl (C=O) groups excluding carboxylic acids is 2. The molecule has 1 saturated heterocycles. The molecule has 5 nitrogen and oxygen atoms in total. The van der Waals surface area contributed by atoms with E-state index in [9.17, 15) is 9.59 Å². The van der Waals surface area contributed by atoms with Crippen LogP contribution in [-0.4, -0.2) is 61.5 Å². The van der Waals surface area contributed by atoms with E-state index in [4.69, 9.17) is 4.74 Å². The van der Waals surface area contributed by atoms with E-state index in [-0.39, 0.29) is 23.7 Å². The second kappa shape index (κ2) is 9.13. The summed E-state index contributed by atoms with van der Waals surface area (Å²) in [6.07, 6.45) is 1.55. The topological polar surface area (TPSA) is 49.9 Å². The average molecular weight is 312 g/mol. The summed E-state index contributed by atoms with van der Waals surface area (Å²) in [5, 5.41) is 0. The molecule has 1 aliphatic rings. The molecule has 22 heavy (non-hydrogen) atoms. The number of piperidine rings is 1. The van der Waals surface area contributed by atoms with E-state index in [1.165, 1.54) is 0 Å². The molecule has 128 valence electrons. The molecule has 1 rings (SSSR count). The van der Waals surface area contributed by atoms with E-state index in [0.29, 0.717) is 32.2 Å². The van der Waals surface area contributed by atoms with Gasteiger partial charge in [0.25, 0.3) is 0 Å². The van der Waals surface area contributed by atoms with Crippen LogP contribution in [0.15, 0.2) is 0 Å². The number of methoxy groups -OCH3 is 1. The van der Waals surface area contributed by atoms with Crippen LogP contribution in [0.4, 0.5) is 0 Å². The van der Waals surface area contributed by atoms with Gasteiger partial charge in [-0.15, -0.1) is 0 Å². The van der Waals surface area contributed by atoms with E-state index in [0.717, 1.165) is 19.4 Å². The van der Waals surface area contributed by atoms with Crippen molar-refractivity contribution in [2.24, 2.45) is 17.8 Å². The molecule has 0 aromatic carbocycles. The highest BCUT2D eigenvalue weighted by molar-refractivity contribution is 5.80. The highest BCUT2D eigenvalue weighted by Gasteiger charge is 2.30. The van der Waals surface area contributed by atoms with Crippen molar-refractivity contribution in [2.45, 2.75) is 40.5 Å². The maximum atomic E-state index is 12.7. The third-order valence-electron chi connectivity index (χ3n) is 4.11. The molecule has 0 spiro atoms. The van der Waals surface area contributed by atoms with Crippen molar-refractivity contribution < 1.29 is 14.3 Å². The van der Waals surface area contributed by atoms with Crippen molar-refractivity contribution in [3.8, 4) is 0 Å². The van der Waals surface area contributed by atoms with Gasteiger partial charge in [-0.1, -0.05) is 27.7 Å². The molecule has 1 heterocycles. The number of amides is 2. The number of rotatable bonds is 7. The Hall–Kier alpha value is -1.10. The first-order chi connectivity index (χ1) is 10.4. The van der Waals surface area contributed by atoms with Gasteiger partial charge in [-0.25, -0.2) is 0 Å². The summed E-state index contributed by atoms with van der Waals surface area (Å²) in [6.45, 7) is 11.5. The zero-order valence-electron chi connectivity index (χ0n) is 14.8. The first-order valence-corrected chi connectivity index (χ1v) is 8.43. The highest BCUT2D eigenvalue weighted by atomic mass is 16.5. The van der Waals surface area contributed by atoms with Gasteiger partial charge >= 0.3 is 0 Å². The van der Waals surface area contributed by atoms with Crippen LogP contribution in [-0.2, 0) is 14.3 Å². The van der Waals surface area contributed by atoms with Crippen molar-refractivity contribution >= 4 is 11.8 Å². The summed E-state index contributed by atoms with van der Waals surface area (Å²) in [5.41, 5.74) is 0. The number of ether oxygens (including phenoxy) is 1. The van der Waals surface area contributed by atoms with Gasteiger partial charge in [0.15, 0.2) is 0 Å². The van der Waals surface area contributed by atoms with Crippen LogP contribution in [0.3, 0.4) is 0 Å². The second-order valence-electron chi connectivity index (χ2n) is 6.93. The third kappa shape index (κ3) is 5.59. The van der Waals surface area contributed by atoms with Crippen molar-refractivity contribution in [3.63, 3.8) is 0 Å². The van der Waals surface area contributed by atoms with Crippen molar-refractivity contribution in [2.75, 3.05) is 39.9 Å². The van der Waals surface area contributed by atoms with Crippen LogP contribution in [0, 0.1) is 17.8 Å². The van der Waals surface area contributed by atoms with Gasteiger partial charge < -0.3 is 14.5 Å². The molecule has 0 N–H and O–H groups in total. The smallest absolute Gasteiger partial charge is 0.225 e. The summed E-state index contributed by atoms with van der Waals surface area (Å²) in [4.78, 5) is 28.6. The van der Waals surface area contributed by atoms with Crippen LogP contribution in [0.5, 0.6) is 0 Å². The minimum Gasteiger partial charge on any atom is -0.383 e. The predicted octanol–water partition coefficient (Wildman–Crippen LogP) is 2.01. The van der Waals surface area contributed by atoms with E-state index in [1.807, 2.05) is 23.6 Å². The van der Waals surface area contributed by atoms with Crippen LogP contribution in [0.2, 0.25) is 0 Å². The van der Waals surface area contributed by atoms with Gasteiger partial charge in [-0.3, -0.25) is 9.59 Å². The molecule has 1 fully saturated rings. The van der Waals surface area contributed by atoms with E-state index < -0.39 is 0 Å². The lowest BCUT2D eigenvalue weighted by Gasteiger charge is -2.35. The van der Waals surface area contributed by atoms with Crippen LogP contribution in [0.25, 0.3) is 0 Å². The summed E-state index contributed by atoms with van der Waals surface area (Å²) in [7, 11) is 1.66. The van der Waals surface area contributed by atoms with Crippen molar-refractivity contribution in [1.29, 1.82) is 0 Å². The molecule has 0 unspecified atom stereocenters. The number of hydrogen-bond donors (Lipinski definition) is 0. The molecular weight excluding hydrogens is 280 g/mol. The molecule has 0 aliphatic carbocycles. The molecule has 5 heteroatoms. The maximum absolute atomic E-state index is 12.7. The number of hydrogen-bond acceptors (Lipinski definition) is 3. The average Bonchev–Trinajstić information content (AvgIpc) is 2.49. The van der Waals surface area contributed by atoms with Crippen molar-refractivity contribution in [1.82, 2.24) is 9.80 Å². The normalized spacial score (nSPS) is 16.4. The molecule has 0 radical (unpaired) electrons. The lowest BCUT2D eigenvalue weighted by Crippen LogP contribution is -2.46. The number of carbonyl (C=O) groups is 2. The summed E-state index contributed by atoms with van der Waals surface area (Å²) < 4.78 is 5.12. The standard InChI is InChI=1S/C17H32N2O3/c1-13(2)12-19(10-11-22-5)17(21)15-6-8-18(9-7-15)16(20)14(3)4/h13-15H,6-12H2,1-5H3. The number of nitrogens with zero attached hydrogens (tertiary/aromatic N) is 2. The molecular formula is C17H32N2O3. The number of likely N-dealkylation sites (tertiary alicyclic amines) is 1.